The molecule has 2 unspecified atom stereocenters. The second kappa shape index (κ2) is 6.29. The molecule has 0 bridgehead atoms. The summed E-state index contributed by atoms with van der Waals surface area (Å²) < 4.78 is 5.80. The lowest BCUT2D eigenvalue weighted by Gasteiger charge is -2.33. The molecule has 2 aliphatic heterocycles. The molecule has 3 rings (SSSR count). The first-order valence-corrected chi connectivity index (χ1v) is 7.60. The van der Waals surface area contributed by atoms with E-state index >= 15 is 0 Å². The van der Waals surface area contributed by atoms with Gasteiger partial charge in [0.2, 0.25) is 17.7 Å². The Labute approximate surface area is 129 Å². The molecule has 0 aliphatic carbocycles. The Bertz CT molecular complexity index is 551. The molecule has 7 nitrogen and oxygen atoms in total. The molecular weight excluding hydrogens is 284 g/mol. The van der Waals surface area contributed by atoms with Crippen LogP contribution in [0.4, 0.5) is 0 Å². The lowest BCUT2D eigenvalue weighted by atomic mass is 10.0. The Morgan fingerprint density at radius 3 is 2.95 bits per heavy atom. The van der Waals surface area contributed by atoms with E-state index in [0.717, 1.165) is 19.4 Å². The van der Waals surface area contributed by atoms with Gasteiger partial charge in [0, 0.05) is 38.8 Å². The summed E-state index contributed by atoms with van der Waals surface area (Å²) in [5.74, 6) is 0.373. The van der Waals surface area contributed by atoms with Crippen molar-refractivity contribution < 1.29 is 14.3 Å². The summed E-state index contributed by atoms with van der Waals surface area (Å²) in [5, 5.41) is 7.70. The third-order valence-electron chi connectivity index (χ3n) is 4.22. The first kappa shape index (κ1) is 14.7. The molecule has 0 N–H and O–H groups in total. The van der Waals surface area contributed by atoms with Crippen molar-refractivity contribution in [1.29, 1.82) is 0 Å². The smallest absolute Gasteiger partial charge is 0.233 e. The van der Waals surface area contributed by atoms with Crippen molar-refractivity contribution >= 4 is 11.8 Å². The van der Waals surface area contributed by atoms with Crippen LogP contribution < -0.4 is 4.74 Å². The third-order valence-corrected chi connectivity index (χ3v) is 4.22. The molecule has 2 amide bonds. The molecule has 2 aliphatic rings. The molecule has 1 aromatic heterocycles. The summed E-state index contributed by atoms with van der Waals surface area (Å²) in [6.07, 6.45) is 3.64. The molecule has 0 saturated carbocycles. The standard InChI is InChI=1S/C15H20N4O3/c1-18-9-11(8-14(18)20)15(21)19-7-3-4-12(10-19)22-13-5-2-6-16-17-13/h2,5-6,11-12H,3-4,7-10H2,1H3. The predicted molar refractivity (Wildman–Crippen MR) is 78.0 cm³/mol. The molecule has 0 spiro atoms. The lowest BCUT2D eigenvalue weighted by Crippen LogP contribution is -2.47. The van der Waals surface area contributed by atoms with E-state index in [0.29, 0.717) is 25.4 Å². The SMILES string of the molecule is CN1CC(C(=O)N2CCCC(Oc3cccnn3)C2)CC1=O. The van der Waals surface area contributed by atoms with Crippen LogP contribution in [0.2, 0.25) is 0 Å². The zero-order chi connectivity index (χ0) is 15.5. The van der Waals surface area contributed by atoms with Crippen LogP contribution in [0.5, 0.6) is 5.88 Å². The van der Waals surface area contributed by atoms with E-state index < -0.39 is 0 Å². The number of rotatable bonds is 3. The highest BCUT2D eigenvalue weighted by atomic mass is 16.5. The number of ether oxygens (including phenoxy) is 1. The number of carbonyl (C=O) groups is 2. The van der Waals surface area contributed by atoms with Crippen LogP contribution in [0.3, 0.4) is 0 Å². The lowest BCUT2D eigenvalue weighted by molar-refractivity contribution is -0.138. The molecule has 0 aromatic carbocycles. The van der Waals surface area contributed by atoms with E-state index in [1.54, 1.807) is 30.3 Å². The number of hydrogen-bond acceptors (Lipinski definition) is 5. The topological polar surface area (TPSA) is 75.6 Å². The minimum absolute atomic E-state index is 0.0442. The van der Waals surface area contributed by atoms with Gasteiger partial charge in [0.25, 0.3) is 0 Å². The Morgan fingerprint density at radius 2 is 2.27 bits per heavy atom. The molecule has 7 heteroatoms. The number of piperidine rings is 1. The normalized spacial score (nSPS) is 25.4. The van der Waals surface area contributed by atoms with E-state index in [1.807, 2.05) is 4.90 Å². The van der Waals surface area contributed by atoms with Crippen LogP contribution in [0.15, 0.2) is 18.3 Å². The minimum atomic E-state index is -0.215. The molecule has 1 aromatic rings. The minimum Gasteiger partial charge on any atom is -0.471 e. The van der Waals surface area contributed by atoms with Crippen LogP contribution in [0.1, 0.15) is 19.3 Å². The summed E-state index contributed by atoms with van der Waals surface area (Å²) in [7, 11) is 1.74. The number of hydrogen-bond donors (Lipinski definition) is 0. The number of nitrogens with zero attached hydrogens (tertiary/aromatic N) is 4. The highest BCUT2D eigenvalue weighted by molar-refractivity contribution is 5.89. The van der Waals surface area contributed by atoms with Gasteiger partial charge in [-0.2, -0.15) is 5.10 Å². The van der Waals surface area contributed by atoms with E-state index in [2.05, 4.69) is 10.2 Å². The summed E-state index contributed by atoms with van der Waals surface area (Å²) in [4.78, 5) is 27.6. The number of amides is 2. The zero-order valence-corrected chi connectivity index (χ0v) is 12.6. The molecule has 22 heavy (non-hydrogen) atoms. The Balaban J connectivity index is 1.58. The van der Waals surface area contributed by atoms with Gasteiger partial charge in [-0.05, 0) is 18.9 Å². The second-order valence-corrected chi connectivity index (χ2v) is 5.90. The van der Waals surface area contributed by atoms with Gasteiger partial charge in [0.15, 0.2) is 0 Å². The van der Waals surface area contributed by atoms with Gasteiger partial charge >= 0.3 is 0 Å². The molecule has 0 radical (unpaired) electrons. The summed E-state index contributed by atoms with van der Waals surface area (Å²) in [6, 6.07) is 3.53. The summed E-state index contributed by atoms with van der Waals surface area (Å²) in [6.45, 7) is 1.79. The van der Waals surface area contributed by atoms with Crippen molar-refractivity contribution in [1.82, 2.24) is 20.0 Å². The monoisotopic (exact) mass is 304 g/mol. The van der Waals surface area contributed by atoms with Gasteiger partial charge in [0.05, 0.1) is 12.5 Å². The Hall–Kier alpha value is -2.18. The Morgan fingerprint density at radius 1 is 1.41 bits per heavy atom. The van der Waals surface area contributed by atoms with Gasteiger partial charge < -0.3 is 14.5 Å². The largest absolute Gasteiger partial charge is 0.471 e. The molecular formula is C15H20N4O3. The van der Waals surface area contributed by atoms with Crippen LogP contribution in [-0.2, 0) is 9.59 Å². The van der Waals surface area contributed by atoms with Crippen LogP contribution in [-0.4, -0.2) is 64.6 Å². The molecule has 2 saturated heterocycles. The maximum atomic E-state index is 12.6. The van der Waals surface area contributed by atoms with E-state index in [4.69, 9.17) is 4.74 Å². The maximum Gasteiger partial charge on any atom is 0.233 e. The predicted octanol–water partition coefficient (Wildman–Crippen LogP) is 0.325. The molecule has 2 fully saturated rings. The van der Waals surface area contributed by atoms with Crippen LogP contribution in [0, 0.1) is 5.92 Å². The molecule has 2 atom stereocenters. The van der Waals surface area contributed by atoms with Crippen molar-refractivity contribution in [2.45, 2.75) is 25.4 Å². The van der Waals surface area contributed by atoms with Gasteiger partial charge in [-0.25, -0.2) is 0 Å². The van der Waals surface area contributed by atoms with E-state index in [1.165, 1.54) is 0 Å². The zero-order valence-electron chi connectivity index (χ0n) is 12.6. The third kappa shape index (κ3) is 3.18. The van der Waals surface area contributed by atoms with Crippen molar-refractivity contribution in [2.75, 3.05) is 26.7 Å². The maximum absolute atomic E-state index is 12.6. The van der Waals surface area contributed by atoms with Gasteiger partial charge in [-0.1, -0.05) is 0 Å². The number of carbonyl (C=O) groups excluding carboxylic acids is 2. The fourth-order valence-electron chi connectivity index (χ4n) is 3.04. The Kier molecular flexibility index (Phi) is 4.22. The van der Waals surface area contributed by atoms with Crippen molar-refractivity contribution in [3.8, 4) is 5.88 Å². The highest BCUT2D eigenvalue weighted by Crippen LogP contribution is 2.22. The quantitative estimate of drug-likeness (QED) is 0.804. The fourth-order valence-corrected chi connectivity index (χ4v) is 3.04. The average molecular weight is 304 g/mol. The average Bonchev–Trinajstić information content (AvgIpc) is 2.87. The van der Waals surface area contributed by atoms with Gasteiger partial charge in [-0.3, -0.25) is 9.59 Å². The van der Waals surface area contributed by atoms with Gasteiger partial charge in [-0.15, -0.1) is 5.10 Å². The molecule has 3 heterocycles. The first-order chi connectivity index (χ1) is 10.6. The van der Waals surface area contributed by atoms with E-state index in [-0.39, 0.29) is 23.8 Å². The van der Waals surface area contributed by atoms with E-state index in [9.17, 15) is 9.59 Å². The van der Waals surface area contributed by atoms with Crippen molar-refractivity contribution in [2.24, 2.45) is 5.92 Å². The van der Waals surface area contributed by atoms with Crippen LogP contribution >= 0.6 is 0 Å². The first-order valence-electron chi connectivity index (χ1n) is 7.60. The fraction of sp³-hybridized carbons (Fsp3) is 0.600. The number of aromatic nitrogens is 2. The number of likely N-dealkylation sites (tertiary alicyclic amines) is 2. The second-order valence-electron chi connectivity index (χ2n) is 5.90. The van der Waals surface area contributed by atoms with Gasteiger partial charge in [0.1, 0.15) is 6.10 Å². The van der Waals surface area contributed by atoms with Crippen molar-refractivity contribution in [3.63, 3.8) is 0 Å². The highest BCUT2D eigenvalue weighted by Gasteiger charge is 2.36. The van der Waals surface area contributed by atoms with Crippen LogP contribution in [0.25, 0.3) is 0 Å². The summed E-state index contributed by atoms with van der Waals surface area (Å²) >= 11 is 0. The summed E-state index contributed by atoms with van der Waals surface area (Å²) in [5.41, 5.74) is 0. The molecule has 118 valence electrons. The van der Waals surface area contributed by atoms with Crippen molar-refractivity contribution in [3.05, 3.63) is 18.3 Å².